The Kier molecular flexibility index (Phi) is 2.81. The molecule has 0 bridgehead atoms. The summed E-state index contributed by atoms with van der Waals surface area (Å²) in [6.45, 7) is 0. The summed E-state index contributed by atoms with van der Waals surface area (Å²) < 4.78 is 5.97. The fourth-order valence-electron chi connectivity index (χ4n) is 0.998. The second-order valence-corrected chi connectivity index (χ2v) is 3.15. The van der Waals surface area contributed by atoms with Gasteiger partial charge in [-0.1, -0.05) is 0 Å². The Labute approximate surface area is 80.0 Å². The zero-order chi connectivity index (χ0) is 9.14. The lowest BCUT2D eigenvalue weighted by molar-refractivity contribution is 0.414. The molecule has 0 radical (unpaired) electrons. The maximum atomic E-state index is 5.79. The Balaban J connectivity index is 3.24. The maximum absolute atomic E-state index is 5.79. The maximum Gasteiger partial charge on any atom is 0.158 e. The van der Waals surface area contributed by atoms with Crippen molar-refractivity contribution in [2.75, 3.05) is 25.2 Å². The van der Waals surface area contributed by atoms with Crippen LogP contribution in [-0.4, -0.2) is 14.2 Å². The summed E-state index contributed by atoms with van der Waals surface area (Å²) in [5.74, 6) is 0.668. The number of hydrogen-bond acceptors (Lipinski definition) is 3. The highest BCUT2D eigenvalue weighted by molar-refractivity contribution is 9.10. The van der Waals surface area contributed by atoms with E-state index in [1.807, 2.05) is 19.2 Å². The van der Waals surface area contributed by atoms with Gasteiger partial charge in [0.1, 0.15) is 0 Å². The highest BCUT2D eigenvalue weighted by atomic mass is 79.9. The van der Waals surface area contributed by atoms with Crippen molar-refractivity contribution < 1.29 is 4.74 Å². The van der Waals surface area contributed by atoms with Crippen LogP contribution >= 0.6 is 15.9 Å². The molecule has 0 fully saturated rings. The van der Waals surface area contributed by atoms with Crippen molar-refractivity contribution in [2.45, 2.75) is 0 Å². The van der Waals surface area contributed by atoms with E-state index < -0.39 is 0 Å². The van der Waals surface area contributed by atoms with Gasteiger partial charge in [-0.25, -0.2) is 0 Å². The number of nitrogen functional groups attached to an aromatic ring is 1. The van der Waals surface area contributed by atoms with Gasteiger partial charge in [0.2, 0.25) is 0 Å². The zero-order valence-electron chi connectivity index (χ0n) is 7.02. The molecule has 0 aromatic heterocycles. The molecule has 0 aliphatic heterocycles. The summed E-state index contributed by atoms with van der Waals surface area (Å²) in [7, 11) is 3.41. The van der Waals surface area contributed by atoms with E-state index >= 15 is 0 Å². The van der Waals surface area contributed by atoms with Crippen LogP contribution in [0.2, 0.25) is 0 Å². The van der Waals surface area contributed by atoms with Crippen LogP contribution in [0.25, 0.3) is 0 Å². The molecule has 0 unspecified atom stereocenters. The van der Waals surface area contributed by atoms with E-state index in [4.69, 9.17) is 10.5 Å². The van der Waals surface area contributed by atoms with Gasteiger partial charge in [0.05, 0.1) is 23.0 Å². The molecule has 3 N–H and O–H groups in total. The summed E-state index contributed by atoms with van der Waals surface area (Å²) in [4.78, 5) is 0. The Hall–Kier alpha value is -0.900. The van der Waals surface area contributed by atoms with E-state index in [0.717, 1.165) is 10.2 Å². The fraction of sp³-hybridized carbons (Fsp3) is 0.250. The molecule has 0 aliphatic rings. The van der Waals surface area contributed by atoms with Gasteiger partial charge in [0, 0.05) is 7.05 Å². The number of benzene rings is 1. The predicted molar refractivity (Wildman–Crippen MR) is 54.7 cm³/mol. The molecule has 3 nitrogen and oxygen atoms in total. The molecular weight excluding hydrogens is 220 g/mol. The summed E-state index contributed by atoms with van der Waals surface area (Å²) >= 11 is 3.34. The molecule has 66 valence electrons. The lowest BCUT2D eigenvalue weighted by Crippen LogP contribution is -1.99. The minimum absolute atomic E-state index is 0.620. The van der Waals surface area contributed by atoms with E-state index in [0.29, 0.717) is 11.4 Å². The van der Waals surface area contributed by atoms with Crippen LogP contribution in [0.15, 0.2) is 16.6 Å². The molecule has 0 saturated heterocycles. The van der Waals surface area contributed by atoms with Gasteiger partial charge in [-0.2, -0.15) is 0 Å². The molecule has 0 heterocycles. The third-order valence-electron chi connectivity index (χ3n) is 1.62. The number of nitrogens with two attached hydrogens (primary N) is 1. The average Bonchev–Trinajstić information content (AvgIpc) is 2.06. The van der Waals surface area contributed by atoms with Gasteiger partial charge in [0.25, 0.3) is 0 Å². The Morgan fingerprint density at radius 3 is 2.67 bits per heavy atom. The number of ether oxygens (including phenoxy) is 1. The summed E-state index contributed by atoms with van der Waals surface area (Å²) in [5, 5.41) is 2.97. The van der Waals surface area contributed by atoms with Gasteiger partial charge in [-0.15, -0.1) is 0 Å². The Morgan fingerprint density at radius 2 is 2.17 bits per heavy atom. The highest BCUT2D eigenvalue weighted by Gasteiger charge is 2.07. The third-order valence-corrected chi connectivity index (χ3v) is 2.25. The van der Waals surface area contributed by atoms with Crippen LogP contribution in [0.5, 0.6) is 5.75 Å². The number of rotatable bonds is 2. The molecule has 1 aromatic rings. The first-order valence-electron chi connectivity index (χ1n) is 3.50. The van der Waals surface area contributed by atoms with E-state index in [1.54, 1.807) is 7.11 Å². The summed E-state index contributed by atoms with van der Waals surface area (Å²) in [5.41, 5.74) is 7.28. The molecule has 1 rings (SSSR count). The van der Waals surface area contributed by atoms with Crippen molar-refractivity contribution in [3.63, 3.8) is 0 Å². The lowest BCUT2D eigenvalue weighted by Gasteiger charge is -2.10. The first kappa shape index (κ1) is 9.19. The molecule has 1 aromatic carbocycles. The predicted octanol–water partition coefficient (Wildman–Crippen LogP) is 2.08. The first-order chi connectivity index (χ1) is 5.70. The number of hydrogen-bond donors (Lipinski definition) is 2. The Bertz CT molecular complexity index is 289. The molecule has 0 saturated carbocycles. The van der Waals surface area contributed by atoms with E-state index in [2.05, 4.69) is 21.2 Å². The molecular formula is C8H11BrN2O. The molecule has 0 aliphatic carbocycles. The second-order valence-electron chi connectivity index (χ2n) is 2.29. The Morgan fingerprint density at radius 1 is 1.50 bits per heavy atom. The van der Waals surface area contributed by atoms with Crippen molar-refractivity contribution in [1.29, 1.82) is 0 Å². The number of methoxy groups -OCH3 is 1. The quantitative estimate of drug-likeness (QED) is 0.766. The van der Waals surface area contributed by atoms with Crippen LogP contribution in [0.4, 0.5) is 11.4 Å². The van der Waals surface area contributed by atoms with Crippen LogP contribution in [0, 0.1) is 0 Å². The monoisotopic (exact) mass is 230 g/mol. The highest BCUT2D eigenvalue weighted by Crippen LogP contribution is 2.36. The van der Waals surface area contributed by atoms with Crippen molar-refractivity contribution >= 4 is 27.3 Å². The van der Waals surface area contributed by atoms with E-state index in [1.165, 1.54) is 0 Å². The average molecular weight is 231 g/mol. The third kappa shape index (κ3) is 1.48. The van der Waals surface area contributed by atoms with Crippen LogP contribution in [0.3, 0.4) is 0 Å². The minimum Gasteiger partial charge on any atom is -0.493 e. The molecule has 12 heavy (non-hydrogen) atoms. The van der Waals surface area contributed by atoms with Crippen molar-refractivity contribution in [2.24, 2.45) is 0 Å². The van der Waals surface area contributed by atoms with Crippen molar-refractivity contribution in [3.05, 3.63) is 16.6 Å². The van der Waals surface area contributed by atoms with E-state index in [-0.39, 0.29) is 0 Å². The zero-order valence-corrected chi connectivity index (χ0v) is 8.60. The van der Waals surface area contributed by atoms with Crippen molar-refractivity contribution in [1.82, 2.24) is 0 Å². The van der Waals surface area contributed by atoms with Gasteiger partial charge in [-0.05, 0) is 28.1 Å². The van der Waals surface area contributed by atoms with Crippen LogP contribution in [-0.2, 0) is 0 Å². The number of nitrogens with one attached hydrogen (secondary N) is 1. The van der Waals surface area contributed by atoms with Gasteiger partial charge in [-0.3, -0.25) is 0 Å². The van der Waals surface area contributed by atoms with E-state index in [9.17, 15) is 0 Å². The summed E-state index contributed by atoms with van der Waals surface area (Å²) in [6, 6.07) is 3.78. The SMILES string of the molecule is CNc1ccc(Br)c(OC)c1N. The topological polar surface area (TPSA) is 47.3 Å². The lowest BCUT2D eigenvalue weighted by atomic mass is 10.2. The molecule has 0 amide bonds. The largest absolute Gasteiger partial charge is 0.493 e. The smallest absolute Gasteiger partial charge is 0.158 e. The number of halogens is 1. The molecule has 0 atom stereocenters. The standard InChI is InChI=1S/C8H11BrN2O/c1-11-6-4-3-5(9)8(12-2)7(6)10/h3-4,11H,10H2,1-2H3. The molecule has 4 heteroatoms. The van der Waals surface area contributed by atoms with Crippen LogP contribution < -0.4 is 15.8 Å². The first-order valence-corrected chi connectivity index (χ1v) is 4.29. The molecule has 0 spiro atoms. The van der Waals surface area contributed by atoms with Gasteiger partial charge < -0.3 is 15.8 Å². The van der Waals surface area contributed by atoms with Gasteiger partial charge >= 0.3 is 0 Å². The fourth-order valence-corrected chi connectivity index (χ4v) is 1.51. The second kappa shape index (κ2) is 3.67. The number of anilines is 2. The van der Waals surface area contributed by atoms with Crippen LogP contribution in [0.1, 0.15) is 0 Å². The minimum atomic E-state index is 0.620. The normalized spacial score (nSPS) is 9.58. The van der Waals surface area contributed by atoms with Crippen molar-refractivity contribution in [3.8, 4) is 5.75 Å². The van der Waals surface area contributed by atoms with Gasteiger partial charge in [0.15, 0.2) is 5.75 Å². The summed E-state index contributed by atoms with van der Waals surface area (Å²) in [6.07, 6.45) is 0.